The maximum absolute atomic E-state index is 11.4. The molecular weight excluding hydrogens is 206 g/mol. The molecule has 2 atom stereocenters. The maximum Gasteiger partial charge on any atom is 0.249 e. The number of Topliss-reactive ketones (excluding diaryl/α,β-unsaturated/α-hetero) is 1. The fraction of sp³-hybridized carbons (Fsp3) is 0.500. The van der Waals surface area contributed by atoms with Crippen LogP contribution in [0.25, 0.3) is 0 Å². The van der Waals surface area contributed by atoms with Crippen LogP contribution in [0, 0.1) is 0 Å². The van der Waals surface area contributed by atoms with Crippen LogP contribution in [0.15, 0.2) is 24.3 Å². The summed E-state index contributed by atoms with van der Waals surface area (Å²) < 4.78 is 4.88. The summed E-state index contributed by atoms with van der Waals surface area (Å²) in [7, 11) is 0. The van der Waals surface area contributed by atoms with E-state index < -0.39 is 18.1 Å². The first kappa shape index (κ1) is 12.6. The minimum atomic E-state index is -0.681. The zero-order chi connectivity index (χ0) is 12.0. The molecule has 1 aliphatic heterocycles. The van der Waals surface area contributed by atoms with Crippen molar-refractivity contribution in [2.45, 2.75) is 38.4 Å². The van der Waals surface area contributed by atoms with Gasteiger partial charge in [-0.2, -0.15) is 0 Å². The lowest BCUT2D eigenvalue weighted by atomic mass is 10.1. The predicted octanol–water partition coefficient (Wildman–Crippen LogP) is 1.11. The van der Waals surface area contributed by atoms with E-state index in [0.29, 0.717) is 12.8 Å². The fourth-order valence-corrected chi connectivity index (χ4v) is 1.37. The Labute approximate surface area is 95.1 Å². The molecule has 1 saturated heterocycles. The van der Waals surface area contributed by atoms with Gasteiger partial charge in [-0.05, 0) is 19.8 Å². The zero-order valence-corrected chi connectivity index (χ0v) is 9.39. The van der Waals surface area contributed by atoms with Crippen molar-refractivity contribution in [3.05, 3.63) is 24.3 Å². The third-order valence-electron chi connectivity index (χ3n) is 2.32. The Morgan fingerprint density at radius 3 is 2.56 bits per heavy atom. The first-order chi connectivity index (χ1) is 7.66. The Bertz CT molecular complexity index is 320. The van der Waals surface area contributed by atoms with E-state index in [0.717, 1.165) is 6.42 Å². The molecule has 0 aromatic rings. The number of epoxide rings is 1. The molecule has 1 heterocycles. The number of hydrogen-bond donors (Lipinski definition) is 1. The van der Waals surface area contributed by atoms with Gasteiger partial charge in [0.1, 0.15) is 0 Å². The Morgan fingerprint density at radius 1 is 1.25 bits per heavy atom. The van der Waals surface area contributed by atoms with E-state index in [1.807, 2.05) is 31.2 Å². The molecule has 2 unspecified atom stereocenters. The summed E-state index contributed by atoms with van der Waals surface area (Å²) >= 11 is 0. The van der Waals surface area contributed by atoms with Gasteiger partial charge in [0, 0.05) is 6.42 Å². The Kier molecular flexibility index (Phi) is 4.92. The normalized spacial score (nSPS) is 24.1. The number of ketones is 1. The number of primary amides is 1. The highest BCUT2D eigenvalue weighted by molar-refractivity contribution is 5.95. The Hall–Kier alpha value is -1.42. The van der Waals surface area contributed by atoms with Crippen molar-refractivity contribution in [1.29, 1.82) is 0 Å². The summed E-state index contributed by atoms with van der Waals surface area (Å²) in [5, 5.41) is 0. The second-order valence-corrected chi connectivity index (χ2v) is 3.66. The third-order valence-corrected chi connectivity index (χ3v) is 2.32. The molecule has 4 heteroatoms. The molecule has 1 amide bonds. The van der Waals surface area contributed by atoms with Gasteiger partial charge in [0.15, 0.2) is 18.0 Å². The minimum absolute atomic E-state index is 0.0421. The van der Waals surface area contributed by atoms with Gasteiger partial charge in [0.05, 0.1) is 0 Å². The minimum Gasteiger partial charge on any atom is -0.367 e. The highest BCUT2D eigenvalue weighted by Crippen LogP contribution is 2.24. The highest BCUT2D eigenvalue weighted by Gasteiger charge is 2.48. The van der Waals surface area contributed by atoms with Crippen molar-refractivity contribution >= 4 is 11.7 Å². The molecule has 16 heavy (non-hydrogen) atoms. The summed E-state index contributed by atoms with van der Waals surface area (Å²) in [6.07, 6.45) is 8.68. The second kappa shape index (κ2) is 6.23. The molecule has 1 rings (SSSR count). The van der Waals surface area contributed by atoms with Crippen LogP contribution in [-0.4, -0.2) is 23.9 Å². The monoisotopic (exact) mass is 223 g/mol. The van der Waals surface area contributed by atoms with Gasteiger partial charge in [-0.1, -0.05) is 24.3 Å². The summed E-state index contributed by atoms with van der Waals surface area (Å²) in [6, 6.07) is 0. The van der Waals surface area contributed by atoms with Crippen LogP contribution in [0.3, 0.4) is 0 Å². The largest absolute Gasteiger partial charge is 0.367 e. The smallest absolute Gasteiger partial charge is 0.249 e. The van der Waals surface area contributed by atoms with E-state index in [1.54, 1.807) is 0 Å². The quantitative estimate of drug-likeness (QED) is 0.519. The van der Waals surface area contributed by atoms with Crippen molar-refractivity contribution < 1.29 is 14.3 Å². The lowest BCUT2D eigenvalue weighted by Gasteiger charge is -1.92. The lowest BCUT2D eigenvalue weighted by Crippen LogP contribution is -2.22. The van der Waals surface area contributed by atoms with E-state index in [2.05, 4.69) is 0 Å². The molecule has 0 aliphatic carbocycles. The van der Waals surface area contributed by atoms with Gasteiger partial charge in [0.25, 0.3) is 0 Å². The van der Waals surface area contributed by atoms with Crippen LogP contribution < -0.4 is 5.73 Å². The van der Waals surface area contributed by atoms with Crippen LogP contribution in [0.4, 0.5) is 0 Å². The molecule has 0 aromatic carbocycles. The number of ether oxygens (including phenoxy) is 1. The van der Waals surface area contributed by atoms with Gasteiger partial charge >= 0.3 is 0 Å². The number of amides is 1. The van der Waals surface area contributed by atoms with Crippen molar-refractivity contribution in [2.24, 2.45) is 5.73 Å². The topological polar surface area (TPSA) is 72.7 Å². The summed E-state index contributed by atoms with van der Waals surface area (Å²) in [5.74, 6) is -0.596. The van der Waals surface area contributed by atoms with Crippen LogP contribution in [0.1, 0.15) is 26.2 Å². The van der Waals surface area contributed by atoms with E-state index in [1.165, 1.54) is 0 Å². The van der Waals surface area contributed by atoms with Crippen molar-refractivity contribution in [1.82, 2.24) is 0 Å². The van der Waals surface area contributed by atoms with Crippen LogP contribution >= 0.6 is 0 Å². The SMILES string of the molecule is C/C=C/C/C=C/CCC(=O)C1OC1C(N)=O. The maximum atomic E-state index is 11.4. The Balaban J connectivity index is 2.12. The van der Waals surface area contributed by atoms with Crippen molar-refractivity contribution in [3.63, 3.8) is 0 Å². The highest BCUT2D eigenvalue weighted by atomic mass is 16.6. The van der Waals surface area contributed by atoms with Gasteiger partial charge in [0.2, 0.25) is 5.91 Å². The van der Waals surface area contributed by atoms with Crippen LogP contribution in [0.5, 0.6) is 0 Å². The molecule has 0 radical (unpaired) electrons. The number of carbonyl (C=O) groups excluding carboxylic acids is 2. The van der Waals surface area contributed by atoms with E-state index in [-0.39, 0.29) is 5.78 Å². The number of hydrogen-bond acceptors (Lipinski definition) is 3. The molecule has 1 fully saturated rings. The first-order valence-electron chi connectivity index (χ1n) is 5.40. The average molecular weight is 223 g/mol. The molecule has 4 nitrogen and oxygen atoms in total. The third kappa shape index (κ3) is 3.98. The number of carbonyl (C=O) groups is 2. The standard InChI is InChI=1S/C12H17NO3/c1-2-3-4-5-6-7-8-9(14)10-11(16-10)12(13)15/h2-3,5-6,10-11H,4,7-8H2,1H3,(H2,13,15)/b3-2+,6-5+. The number of allylic oxidation sites excluding steroid dienone is 4. The van der Waals surface area contributed by atoms with Gasteiger partial charge in [-0.25, -0.2) is 0 Å². The van der Waals surface area contributed by atoms with Gasteiger partial charge in [-0.15, -0.1) is 0 Å². The molecule has 0 saturated carbocycles. The number of nitrogens with two attached hydrogens (primary N) is 1. The Morgan fingerprint density at radius 2 is 2.00 bits per heavy atom. The summed E-state index contributed by atoms with van der Waals surface area (Å²) in [4.78, 5) is 22.1. The van der Waals surface area contributed by atoms with Crippen molar-refractivity contribution in [2.75, 3.05) is 0 Å². The van der Waals surface area contributed by atoms with E-state index >= 15 is 0 Å². The lowest BCUT2D eigenvalue weighted by molar-refractivity contribution is -0.121. The molecule has 0 bridgehead atoms. The van der Waals surface area contributed by atoms with Crippen LogP contribution in [-0.2, 0) is 14.3 Å². The summed E-state index contributed by atoms with van der Waals surface area (Å²) in [5.41, 5.74) is 5.00. The molecule has 2 N–H and O–H groups in total. The zero-order valence-electron chi connectivity index (χ0n) is 9.39. The second-order valence-electron chi connectivity index (χ2n) is 3.66. The average Bonchev–Trinajstić information content (AvgIpc) is 3.02. The fourth-order valence-electron chi connectivity index (χ4n) is 1.37. The van der Waals surface area contributed by atoms with Crippen molar-refractivity contribution in [3.8, 4) is 0 Å². The van der Waals surface area contributed by atoms with Gasteiger partial charge < -0.3 is 10.5 Å². The van der Waals surface area contributed by atoms with E-state index in [9.17, 15) is 9.59 Å². The predicted molar refractivity (Wildman–Crippen MR) is 60.7 cm³/mol. The summed E-state index contributed by atoms with van der Waals surface area (Å²) in [6.45, 7) is 1.96. The molecule has 0 aromatic heterocycles. The number of rotatable bonds is 7. The molecule has 1 aliphatic rings. The van der Waals surface area contributed by atoms with Gasteiger partial charge in [-0.3, -0.25) is 9.59 Å². The van der Waals surface area contributed by atoms with Crippen LogP contribution in [0.2, 0.25) is 0 Å². The molecular formula is C12H17NO3. The molecule has 0 spiro atoms. The first-order valence-corrected chi connectivity index (χ1v) is 5.40. The molecule has 88 valence electrons. The van der Waals surface area contributed by atoms with E-state index in [4.69, 9.17) is 10.5 Å².